The second kappa shape index (κ2) is 4.91. The van der Waals surface area contributed by atoms with Crippen molar-refractivity contribution in [3.63, 3.8) is 0 Å². The van der Waals surface area contributed by atoms with Crippen LogP contribution in [0.5, 0.6) is 0 Å². The van der Waals surface area contributed by atoms with E-state index >= 15 is 0 Å². The number of hydrogen-bond donors (Lipinski definition) is 0. The number of likely N-dealkylation sites (N-methyl/N-ethyl adjacent to an activating group) is 1. The number of halogens is 2. The Labute approximate surface area is 128 Å². The van der Waals surface area contributed by atoms with E-state index in [-0.39, 0.29) is 29.7 Å². The molecule has 1 aliphatic carbocycles. The number of Topliss-reactive ketones (excluding diaryl/α,β-unsaturated/α-hetero) is 1. The van der Waals surface area contributed by atoms with Gasteiger partial charge in [0.25, 0.3) is 11.7 Å². The molecule has 0 unspecified atom stereocenters. The fourth-order valence-electron chi connectivity index (χ4n) is 2.42. The number of benzene rings is 1. The highest BCUT2D eigenvalue weighted by molar-refractivity contribution is 9.10. The maximum atomic E-state index is 13.4. The van der Waals surface area contributed by atoms with Crippen molar-refractivity contribution in [3.8, 4) is 0 Å². The van der Waals surface area contributed by atoms with E-state index in [9.17, 15) is 18.8 Å². The van der Waals surface area contributed by atoms with Crippen LogP contribution in [0.15, 0.2) is 16.6 Å². The van der Waals surface area contributed by atoms with Crippen molar-refractivity contribution in [3.05, 3.63) is 28.0 Å². The molecule has 1 saturated carbocycles. The first-order valence-corrected chi connectivity index (χ1v) is 7.30. The summed E-state index contributed by atoms with van der Waals surface area (Å²) < 4.78 is 13.7. The second-order valence-corrected chi connectivity index (χ2v) is 6.09. The van der Waals surface area contributed by atoms with E-state index in [0.717, 1.165) is 23.8 Å². The summed E-state index contributed by atoms with van der Waals surface area (Å²) in [6.07, 6.45) is 1.92. The third-order valence-corrected chi connectivity index (χ3v) is 4.37. The van der Waals surface area contributed by atoms with Crippen LogP contribution in [0.4, 0.5) is 10.1 Å². The maximum Gasteiger partial charge on any atom is 0.299 e. The zero-order valence-corrected chi connectivity index (χ0v) is 12.8. The summed E-state index contributed by atoms with van der Waals surface area (Å²) in [6, 6.07) is 2.42. The largest absolute Gasteiger partial charge is 0.341 e. The number of amides is 2. The maximum absolute atomic E-state index is 13.4. The van der Waals surface area contributed by atoms with Crippen LogP contribution in [0, 0.1) is 5.82 Å². The number of anilines is 1. The van der Waals surface area contributed by atoms with Gasteiger partial charge in [0.2, 0.25) is 5.91 Å². The van der Waals surface area contributed by atoms with Crippen molar-refractivity contribution in [2.45, 2.75) is 18.9 Å². The number of nitrogens with zero attached hydrogens (tertiary/aromatic N) is 2. The molecule has 0 aromatic heterocycles. The number of rotatable bonds is 3. The zero-order valence-electron chi connectivity index (χ0n) is 11.2. The fraction of sp³-hybridized carbons (Fsp3) is 0.357. The SMILES string of the molecule is CN(C(=O)CN1C(=O)C(=O)c2cc(F)cc(Br)c21)C1CC1. The highest BCUT2D eigenvalue weighted by atomic mass is 79.9. The molecule has 0 spiro atoms. The van der Waals surface area contributed by atoms with Gasteiger partial charge in [0.05, 0.1) is 11.3 Å². The average molecular weight is 355 g/mol. The molecule has 3 rings (SSSR count). The third kappa shape index (κ3) is 2.35. The molecule has 0 N–H and O–H groups in total. The number of fused-ring (bicyclic) bond motifs is 1. The Kier molecular flexibility index (Phi) is 3.32. The quantitative estimate of drug-likeness (QED) is 0.777. The lowest BCUT2D eigenvalue weighted by Crippen LogP contribution is -2.41. The summed E-state index contributed by atoms with van der Waals surface area (Å²) in [5, 5.41) is 0. The van der Waals surface area contributed by atoms with E-state index in [0.29, 0.717) is 4.47 Å². The van der Waals surface area contributed by atoms with Gasteiger partial charge in [-0.15, -0.1) is 0 Å². The normalized spacial score (nSPS) is 17.2. The van der Waals surface area contributed by atoms with Gasteiger partial charge in [-0.2, -0.15) is 0 Å². The van der Waals surface area contributed by atoms with Crippen molar-refractivity contribution in [1.29, 1.82) is 0 Å². The van der Waals surface area contributed by atoms with Crippen LogP contribution in [0.25, 0.3) is 0 Å². The van der Waals surface area contributed by atoms with Gasteiger partial charge in [-0.1, -0.05) is 0 Å². The van der Waals surface area contributed by atoms with Gasteiger partial charge in [0.1, 0.15) is 12.4 Å². The Balaban J connectivity index is 1.92. The van der Waals surface area contributed by atoms with E-state index in [1.807, 2.05) is 0 Å². The molecule has 0 bridgehead atoms. The Hall–Kier alpha value is -1.76. The first kappa shape index (κ1) is 14.2. The van der Waals surface area contributed by atoms with Crippen molar-refractivity contribution in [1.82, 2.24) is 4.90 Å². The Morgan fingerprint density at radius 1 is 1.43 bits per heavy atom. The summed E-state index contributed by atoms with van der Waals surface area (Å²) in [7, 11) is 1.68. The highest BCUT2D eigenvalue weighted by Gasteiger charge is 2.40. The molecule has 1 aromatic carbocycles. The lowest BCUT2D eigenvalue weighted by Gasteiger charge is -2.22. The van der Waals surface area contributed by atoms with Crippen LogP contribution in [0.3, 0.4) is 0 Å². The predicted molar refractivity (Wildman–Crippen MR) is 76.6 cm³/mol. The second-order valence-electron chi connectivity index (χ2n) is 5.24. The van der Waals surface area contributed by atoms with E-state index in [1.165, 1.54) is 6.07 Å². The molecule has 21 heavy (non-hydrogen) atoms. The number of ketones is 1. The van der Waals surface area contributed by atoms with Gasteiger partial charge in [0.15, 0.2) is 0 Å². The molecule has 0 atom stereocenters. The molecule has 1 aromatic rings. The monoisotopic (exact) mass is 354 g/mol. The van der Waals surface area contributed by atoms with Crippen LogP contribution < -0.4 is 4.90 Å². The van der Waals surface area contributed by atoms with Crippen molar-refractivity contribution in [2.75, 3.05) is 18.5 Å². The molecule has 1 fully saturated rings. The minimum absolute atomic E-state index is 0.00579. The van der Waals surface area contributed by atoms with Crippen LogP contribution >= 0.6 is 15.9 Å². The molecule has 7 heteroatoms. The number of carbonyl (C=O) groups excluding carboxylic acids is 3. The zero-order chi connectivity index (χ0) is 15.3. The summed E-state index contributed by atoms with van der Waals surface area (Å²) >= 11 is 3.15. The highest BCUT2D eigenvalue weighted by Crippen LogP contribution is 2.37. The van der Waals surface area contributed by atoms with Gasteiger partial charge in [-0.05, 0) is 40.9 Å². The van der Waals surface area contributed by atoms with Crippen LogP contribution in [-0.2, 0) is 9.59 Å². The molecule has 110 valence electrons. The van der Waals surface area contributed by atoms with Crippen LogP contribution in [0.1, 0.15) is 23.2 Å². The summed E-state index contributed by atoms with van der Waals surface area (Å²) in [6.45, 7) is -0.213. The molecule has 0 radical (unpaired) electrons. The van der Waals surface area contributed by atoms with Crippen molar-refractivity contribution >= 4 is 39.2 Å². The molecule has 1 heterocycles. The Morgan fingerprint density at radius 3 is 2.71 bits per heavy atom. The molecular weight excluding hydrogens is 343 g/mol. The van der Waals surface area contributed by atoms with E-state index in [2.05, 4.69) is 15.9 Å². The third-order valence-electron chi connectivity index (χ3n) is 3.76. The molecule has 2 aliphatic rings. The van der Waals surface area contributed by atoms with E-state index in [1.54, 1.807) is 11.9 Å². The minimum atomic E-state index is -0.797. The van der Waals surface area contributed by atoms with Crippen molar-refractivity contribution in [2.24, 2.45) is 0 Å². The van der Waals surface area contributed by atoms with Crippen LogP contribution in [-0.4, -0.2) is 42.1 Å². The van der Waals surface area contributed by atoms with Gasteiger partial charge < -0.3 is 4.90 Å². The van der Waals surface area contributed by atoms with Gasteiger partial charge >= 0.3 is 0 Å². The lowest BCUT2D eigenvalue weighted by atomic mass is 10.1. The van der Waals surface area contributed by atoms with Gasteiger partial charge in [0, 0.05) is 17.6 Å². The number of carbonyl (C=O) groups is 3. The van der Waals surface area contributed by atoms with Gasteiger partial charge in [-0.25, -0.2) is 4.39 Å². The summed E-state index contributed by atoms with van der Waals surface area (Å²) in [4.78, 5) is 38.8. The van der Waals surface area contributed by atoms with Crippen molar-refractivity contribution < 1.29 is 18.8 Å². The molecule has 5 nitrogen and oxygen atoms in total. The van der Waals surface area contributed by atoms with E-state index < -0.39 is 17.5 Å². The lowest BCUT2D eigenvalue weighted by molar-refractivity contribution is -0.130. The number of hydrogen-bond acceptors (Lipinski definition) is 3. The first-order valence-electron chi connectivity index (χ1n) is 6.51. The standard InChI is InChI=1S/C14H12BrFN2O3/c1-17(8-2-3-8)11(19)6-18-12-9(13(20)14(18)21)4-7(16)5-10(12)15/h4-5,8H,2-3,6H2,1H3. The van der Waals surface area contributed by atoms with Crippen LogP contribution in [0.2, 0.25) is 0 Å². The average Bonchev–Trinajstić information content (AvgIpc) is 3.23. The fourth-order valence-corrected chi connectivity index (χ4v) is 3.06. The molecular formula is C14H12BrFN2O3. The summed E-state index contributed by atoms with van der Waals surface area (Å²) in [5.74, 6) is -2.42. The first-order chi connectivity index (χ1) is 9.90. The predicted octanol–water partition coefficient (Wildman–Crippen LogP) is 1.74. The minimum Gasteiger partial charge on any atom is -0.341 e. The summed E-state index contributed by atoms with van der Waals surface area (Å²) in [5.41, 5.74) is 0.262. The Morgan fingerprint density at radius 2 is 2.10 bits per heavy atom. The molecule has 0 saturated heterocycles. The topological polar surface area (TPSA) is 57.7 Å². The smallest absolute Gasteiger partial charge is 0.299 e. The van der Waals surface area contributed by atoms with E-state index in [4.69, 9.17) is 0 Å². The Bertz CT molecular complexity index is 672. The van der Waals surface area contributed by atoms with Gasteiger partial charge in [-0.3, -0.25) is 19.3 Å². The molecule has 1 aliphatic heterocycles. The molecule has 2 amide bonds.